The normalized spacial score (nSPS) is 14.5. The van der Waals surface area contributed by atoms with Gasteiger partial charge in [0.1, 0.15) is 0 Å². The lowest BCUT2D eigenvalue weighted by molar-refractivity contribution is 0.0657. The molecular weight excluding hydrogens is 499 g/mol. The highest BCUT2D eigenvalue weighted by atomic mass is 127. The van der Waals surface area contributed by atoms with E-state index in [2.05, 4.69) is 48.3 Å². The summed E-state index contributed by atoms with van der Waals surface area (Å²) in [5.41, 5.74) is 1.28. The van der Waals surface area contributed by atoms with Crippen molar-refractivity contribution in [1.29, 1.82) is 0 Å². The number of hydrogen-bond acceptors (Lipinski definition) is 4. The number of nitrogens with zero attached hydrogens (tertiary/aromatic N) is 3. The minimum Gasteiger partial charge on any atom is -0.459 e. The Kier molecular flexibility index (Phi) is 9.86. The first-order valence-electron chi connectivity index (χ1n) is 9.73. The predicted octanol–water partition coefficient (Wildman–Crippen LogP) is 3.72. The summed E-state index contributed by atoms with van der Waals surface area (Å²) in [4.78, 5) is 22.5. The van der Waals surface area contributed by atoms with E-state index >= 15 is 0 Å². The summed E-state index contributed by atoms with van der Waals surface area (Å²) in [6, 6.07) is 12.0. The zero-order valence-electron chi connectivity index (χ0n) is 17.0. The molecule has 1 fully saturated rings. The maximum absolute atomic E-state index is 12.4. The lowest BCUT2D eigenvalue weighted by Crippen LogP contribution is -2.53. The van der Waals surface area contributed by atoms with Crippen LogP contribution in [0.1, 0.15) is 23.0 Å². The third-order valence-corrected chi connectivity index (χ3v) is 5.57. The fraction of sp³-hybridized carbons (Fsp3) is 0.429. The third-order valence-electron chi connectivity index (χ3n) is 4.58. The van der Waals surface area contributed by atoms with E-state index in [4.69, 9.17) is 9.41 Å². The molecule has 0 spiro atoms. The number of rotatable bonds is 6. The molecule has 0 saturated carbocycles. The van der Waals surface area contributed by atoms with Crippen LogP contribution in [0.15, 0.2) is 57.0 Å². The van der Waals surface area contributed by atoms with Gasteiger partial charge in [0.05, 0.1) is 12.8 Å². The summed E-state index contributed by atoms with van der Waals surface area (Å²) in [5.74, 6) is 2.23. The molecule has 158 valence electrons. The maximum Gasteiger partial charge on any atom is 0.289 e. The molecule has 1 aliphatic heterocycles. The lowest BCUT2D eigenvalue weighted by Gasteiger charge is -2.36. The van der Waals surface area contributed by atoms with Crippen LogP contribution in [0.25, 0.3) is 0 Å². The van der Waals surface area contributed by atoms with Crippen LogP contribution in [-0.2, 0) is 0 Å². The van der Waals surface area contributed by atoms with Crippen molar-refractivity contribution in [3.63, 3.8) is 0 Å². The Labute approximate surface area is 194 Å². The molecule has 1 aromatic heterocycles. The van der Waals surface area contributed by atoms with Crippen molar-refractivity contribution in [2.75, 3.05) is 45.0 Å². The Morgan fingerprint density at radius 3 is 2.45 bits per heavy atom. The van der Waals surface area contributed by atoms with Gasteiger partial charge in [-0.2, -0.15) is 0 Å². The highest BCUT2D eigenvalue weighted by Crippen LogP contribution is 2.18. The van der Waals surface area contributed by atoms with E-state index in [9.17, 15) is 4.79 Å². The van der Waals surface area contributed by atoms with Gasteiger partial charge in [-0.05, 0) is 38.1 Å². The molecular formula is C21H29IN4O2S. The van der Waals surface area contributed by atoms with Gasteiger partial charge in [-0.3, -0.25) is 9.79 Å². The molecule has 3 rings (SSSR count). The van der Waals surface area contributed by atoms with E-state index in [0.29, 0.717) is 18.8 Å². The van der Waals surface area contributed by atoms with Crippen LogP contribution in [-0.4, -0.2) is 66.7 Å². The number of aliphatic imine (C=N–C) groups is 1. The Morgan fingerprint density at radius 2 is 1.83 bits per heavy atom. The molecule has 0 unspecified atom stereocenters. The second-order valence-electron chi connectivity index (χ2n) is 6.65. The van der Waals surface area contributed by atoms with Crippen LogP contribution in [0.3, 0.4) is 0 Å². The molecule has 1 saturated heterocycles. The van der Waals surface area contributed by atoms with Crippen molar-refractivity contribution in [3.8, 4) is 0 Å². The minimum absolute atomic E-state index is 0. The number of piperazine rings is 1. The van der Waals surface area contributed by atoms with E-state index in [-0.39, 0.29) is 29.9 Å². The van der Waals surface area contributed by atoms with Crippen molar-refractivity contribution >= 4 is 47.6 Å². The molecule has 6 nitrogen and oxygen atoms in total. The van der Waals surface area contributed by atoms with Gasteiger partial charge in [0.2, 0.25) is 0 Å². The Bertz CT molecular complexity index is 772. The number of guanidine groups is 1. The van der Waals surface area contributed by atoms with Gasteiger partial charge in [-0.25, -0.2) is 0 Å². The quantitative estimate of drug-likeness (QED) is 0.204. The molecule has 2 heterocycles. The summed E-state index contributed by atoms with van der Waals surface area (Å²) in [6.45, 7) is 8.63. The minimum atomic E-state index is -0.0407. The van der Waals surface area contributed by atoms with Crippen molar-refractivity contribution in [2.24, 2.45) is 4.99 Å². The molecule has 2 aromatic rings. The maximum atomic E-state index is 12.4. The summed E-state index contributed by atoms with van der Waals surface area (Å²) < 4.78 is 5.23. The third kappa shape index (κ3) is 6.95. The second kappa shape index (κ2) is 12.1. The van der Waals surface area contributed by atoms with E-state index in [0.717, 1.165) is 37.9 Å². The molecule has 1 aromatic carbocycles. The molecule has 0 aliphatic carbocycles. The SMILES string of the molecule is CCNC(=NCCSc1ccc(C)cc1)N1CCN(C(=O)c2ccco2)CC1.I. The van der Waals surface area contributed by atoms with Crippen molar-refractivity contribution in [3.05, 3.63) is 54.0 Å². The number of thioether (sulfide) groups is 1. The summed E-state index contributed by atoms with van der Waals surface area (Å²) >= 11 is 1.82. The molecule has 0 bridgehead atoms. The van der Waals surface area contributed by atoms with Gasteiger partial charge in [-0.1, -0.05) is 17.7 Å². The number of amides is 1. The number of hydrogen-bond donors (Lipinski definition) is 1. The average Bonchev–Trinajstić information content (AvgIpc) is 3.26. The Balaban J connectivity index is 0.00000300. The highest BCUT2D eigenvalue weighted by Gasteiger charge is 2.25. The monoisotopic (exact) mass is 528 g/mol. The van der Waals surface area contributed by atoms with E-state index in [1.165, 1.54) is 16.7 Å². The summed E-state index contributed by atoms with van der Waals surface area (Å²) in [7, 11) is 0. The van der Waals surface area contributed by atoms with Crippen molar-refractivity contribution < 1.29 is 9.21 Å². The predicted molar refractivity (Wildman–Crippen MR) is 129 cm³/mol. The average molecular weight is 528 g/mol. The fourth-order valence-electron chi connectivity index (χ4n) is 3.05. The zero-order chi connectivity index (χ0) is 19.8. The van der Waals surface area contributed by atoms with Gasteiger partial charge in [-0.15, -0.1) is 35.7 Å². The van der Waals surface area contributed by atoms with Gasteiger partial charge in [0, 0.05) is 43.4 Å². The van der Waals surface area contributed by atoms with Crippen molar-refractivity contribution in [2.45, 2.75) is 18.7 Å². The molecule has 0 radical (unpaired) electrons. The Hall–Kier alpha value is -1.68. The number of aryl methyl sites for hydroxylation is 1. The number of carbonyl (C=O) groups is 1. The fourth-order valence-corrected chi connectivity index (χ4v) is 3.80. The molecule has 1 N–H and O–H groups in total. The van der Waals surface area contributed by atoms with E-state index in [1.807, 2.05) is 16.7 Å². The first-order valence-corrected chi connectivity index (χ1v) is 10.7. The zero-order valence-corrected chi connectivity index (χ0v) is 20.1. The molecule has 1 amide bonds. The Morgan fingerprint density at radius 1 is 1.14 bits per heavy atom. The summed E-state index contributed by atoms with van der Waals surface area (Å²) in [5, 5.41) is 3.37. The van der Waals surface area contributed by atoms with E-state index in [1.54, 1.807) is 12.1 Å². The van der Waals surface area contributed by atoms with Crippen LogP contribution in [0.2, 0.25) is 0 Å². The largest absolute Gasteiger partial charge is 0.459 e. The number of benzene rings is 1. The van der Waals surface area contributed by atoms with Gasteiger partial charge in [0.25, 0.3) is 5.91 Å². The topological polar surface area (TPSA) is 61.1 Å². The van der Waals surface area contributed by atoms with Crippen LogP contribution in [0.4, 0.5) is 0 Å². The highest BCUT2D eigenvalue weighted by molar-refractivity contribution is 14.0. The lowest BCUT2D eigenvalue weighted by atomic mass is 10.2. The number of furan rings is 1. The standard InChI is InChI=1S/C21H28N4O2S.HI/c1-3-22-21(23-10-16-28-18-8-6-17(2)7-9-18)25-13-11-24(12-14-25)20(26)19-5-4-15-27-19;/h4-9,15H,3,10-14,16H2,1-2H3,(H,22,23);1H. The molecule has 0 atom stereocenters. The van der Waals surface area contributed by atoms with Crippen LogP contribution in [0, 0.1) is 6.92 Å². The van der Waals surface area contributed by atoms with Crippen LogP contribution in [0.5, 0.6) is 0 Å². The van der Waals surface area contributed by atoms with Gasteiger partial charge >= 0.3 is 0 Å². The first kappa shape index (κ1) is 23.6. The number of carbonyl (C=O) groups excluding carboxylic acids is 1. The first-order chi connectivity index (χ1) is 13.7. The second-order valence-corrected chi connectivity index (χ2v) is 7.82. The molecule has 8 heteroatoms. The van der Waals surface area contributed by atoms with Crippen LogP contribution < -0.4 is 5.32 Å². The number of halogens is 1. The van der Waals surface area contributed by atoms with E-state index < -0.39 is 0 Å². The van der Waals surface area contributed by atoms with Gasteiger partial charge in [0.15, 0.2) is 11.7 Å². The van der Waals surface area contributed by atoms with Crippen molar-refractivity contribution in [1.82, 2.24) is 15.1 Å². The summed E-state index contributed by atoms with van der Waals surface area (Å²) in [6.07, 6.45) is 1.54. The molecule has 29 heavy (non-hydrogen) atoms. The number of nitrogens with one attached hydrogen (secondary N) is 1. The smallest absolute Gasteiger partial charge is 0.289 e. The molecule has 1 aliphatic rings. The van der Waals surface area contributed by atoms with Crippen LogP contribution >= 0.6 is 35.7 Å². The van der Waals surface area contributed by atoms with Gasteiger partial charge < -0.3 is 19.5 Å².